The Hall–Kier alpha value is -4.79. The number of carbonyl (C=O) groups is 1. The van der Waals surface area contributed by atoms with Crippen LogP contribution >= 0.6 is 0 Å². The number of fused-ring (bicyclic) bond motifs is 1. The first-order valence-corrected chi connectivity index (χ1v) is 11.2. The van der Waals surface area contributed by atoms with Crippen LogP contribution in [0.3, 0.4) is 0 Å². The third-order valence-electron chi connectivity index (χ3n) is 5.74. The smallest absolute Gasteiger partial charge is 0.322 e. The van der Waals surface area contributed by atoms with E-state index in [1.165, 1.54) is 23.4 Å². The number of aromatic nitrogens is 5. The van der Waals surface area contributed by atoms with E-state index in [0.717, 1.165) is 33.4 Å². The summed E-state index contributed by atoms with van der Waals surface area (Å²) in [7, 11) is 1.67. The number of halogens is 1. The molecule has 0 aliphatic carbocycles. The summed E-state index contributed by atoms with van der Waals surface area (Å²) in [5, 5.41) is 3.65. The number of anilines is 1. The summed E-state index contributed by atoms with van der Waals surface area (Å²) < 4.78 is 13.6. The number of urea groups is 1. The zero-order chi connectivity index (χ0) is 25.1. The average molecular weight is 480 g/mol. The monoisotopic (exact) mass is 479 g/mol. The number of pyridine rings is 1. The molecule has 5 aromatic rings. The summed E-state index contributed by atoms with van der Waals surface area (Å²) in [6, 6.07) is 17.0. The molecule has 0 spiro atoms. The third kappa shape index (κ3) is 4.85. The number of hydrogen-bond acceptors (Lipinski definition) is 6. The molecular formula is C27H22FN7O. The lowest BCUT2D eigenvalue weighted by atomic mass is 9.99. The van der Waals surface area contributed by atoms with Gasteiger partial charge in [-0.15, -0.1) is 0 Å². The summed E-state index contributed by atoms with van der Waals surface area (Å²) in [5.74, 6) is -0.214. The van der Waals surface area contributed by atoms with E-state index in [4.69, 9.17) is 0 Å². The van der Waals surface area contributed by atoms with Gasteiger partial charge in [-0.3, -0.25) is 10.3 Å². The van der Waals surface area contributed by atoms with Gasteiger partial charge in [-0.1, -0.05) is 12.1 Å². The normalized spacial score (nSPS) is 10.9. The fourth-order valence-corrected chi connectivity index (χ4v) is 3.83. The van der Waals surface area contributed by atoms with Crippen molar-refractivity contribution in [2.24, 2.45) is 0 Å². The molecule has 0 aliphatic heterocycles. The van der Waals surface area contributed by atoms with Crippen molar-refractivity contribution in [2.75, 3.05) is 12.4 Å². The molecule has 178 valence electrons. The van der Waals surface area contributed by atoms with Gasteiger partial charge in [-0.2, -0.15) is 0 Å². The second kappa shape index (κ2) is 9.83. The average Bonchev–Trinajstić information content (AvgIpc) is 2.90. The topological polar surface area (TPSA) is 96.8 Å². The second-order valence-corrected chi connectivity index (χ2v) is 8.26. The van der Waals surface area contributed by atoms with Crippen molar-refractivity contribution in [1.29, 1.82) is 0 Å². The van der Waals surface area contributed by atoms with E-state index in [0.29, 0.717) is 17.8 Å². The molecule has 0 aliphatic rings. The number of amides is 2. The van der Waals surface area contributed by atoms with Crippen molar-refractivity contribution in [3.63, 3.8) is 0 Å². The molecule has 1 N–H and O–H groups in total. The highest BCUT2D eigenvalue weighted by Crippen LogP contribution is 2.33. The van der Waals surface area contributed by atoms with Crippen molar-refractivity contribution in [2.45, 2.75) is 13.5 Å². The number of carbonyl (C=O) groups excluding carboxylic acids is 1. The van der Waals surface area contributed by atoms with E-state index >= 15 is 0 Å². The van der Waals surface area contributed by atoms with Gasteiger partial charge < -0.3 is 4.90 Å². The van der Waals surface area contributed by atoms with E-state index in [2.05, 4.69) is 30.2 Å². The number of aryl methyl sites for hydroxylation is 1. The number of nitrogens with one attached hydrogen (secondary N) is 1. The van der Waals surface area contributed by atoms with Gasteiger partial charge in [0.25, 0.3) is 0 Å². The lowest BCUT2D eigenvalue weighted by molar-refractivity contribution is 0.220. The van der Waals surface area contributed by atoms with Gasteiger partial charge in [-0.05, 0) is 61.0 Å². The lowest BCUT2D eigenvalue weighted by Crippen LogP contribution is -2.31. The molecule has 5 rings (SSSR count). The van der Waals surface area contributed by atoms with Crippen molar-refractivity contribution in [3.05, 3.63) is 96.6 Å². The maximum Gasteiger partial charge on any atom is 0.324 e. The zero-order valence-corrected chi connectivity index (χ0v) is 19.7. The Kier molecular flexibility index (Phi) is 6.27. The van der Waals surface area contributed by atoms with E-state index in [1.54, 1.807) is 31.6 Å². The van der Waals surface area contributed by atoms with Gasteiger partial charge in [-0.25, -0.2) is 29.1 Å². The minimum Gasteiger partial charge on any atom is -0.322 e. The van der Waals surface area contributed by atoms with Crippen LogP contribution < -0.4 is 5.32 Å². The van der Waals surface area contributed by atoms with Crippen LogP contribution in [0.2, 0.25) is 0 Å². The fourth-order valence-electron chi connectivity index (χ4n) is 3.83. The molecular weight excluding hydrogens is 457 g/mol. The number of rotatable bonds is 5. The highest BCUT2D eigenvalue weighted by molar-refractivity contribution is 5.91. The first-order valence-electron chi connectivity index (χ1n) is 11.2. The van der Waals surface area contributed by atoms with Crippen LogP contribution in [-0.4, -0.2) is 42.9 Å². The van der Waals surface area contributed by atoms with Gasteiger partial charge in [0, 0.05) is 41.6 Å². The van der Waals surface area contributed by atoms with Crippen molar-refractivity contribution < 1.29 is 9.18 Å². The summed E-state index contributed by atoms with van der Waals surface area (Å²) >= 11 is 0. The molecule has 3 heterocycles. The van der Waals surface area contributed by atoms with Crippen LogP contribution in [0.1, 0.15) is 11.4 Å². The van der Waals surface area contributed by atoms with Crippen LogP contribution in [0.15, 0.2) is 79.4 Å². The van der Waals surface area contributed by atoms with Crippen LogP contribution in [-0.2, 0) is 6.54 Å². The lowest BCUT2D eigenvalue weighted by Gasteiger charge is -2.17. The van der Waals surface area contributed by atoms with E-state index in [-0.39, 0.29) is 17.8 Å². The minimum absolute atomic E-state index is 0.135. The molecule has 0 atom stereocenters. The minimum atomic E-state index is -0.378. The molecule has 8 nitrogen and oxygen atoms in total. The molecule has 2 amide bonds. The Morgan fingerprint density at radius 2 is 1.78 bits per heavy atom. The van der Waals surface area contributed by atoms with Crippen molar-refractivity contribution >= 4 is 22.9 Å². The Morgan fingerprint density at radius 1 is 0.972 bits per heavy atom. The van der Waals surface area contributed by atoms with E-state index in [9.17, 15) is 9.18 Å². The Labute approximate surface area is 206 Å². The molecule has 0 bridgehead atoms. The van der Waals surface area contributed by atoms with Crippen LogP contribution in [0.25, 0.3) is 33.3 Å². The maximum atomic E-state index is 13.6. The first kappa shape index (κ1) is 23.0. The van der Waals surface area contributed by atoms with Crippen LogP contribution in [0, 0.1) is 12.7 Å². The van der Waals surface area contributed by atoms with E-state index in [1.807, 2.05) is 43.3 Å². The Balaban J connectivity index is 1.50. The quantitative estimate of drug-likeness (QED) is 0.369. The third-order valence-corrected chi connectivity index (χ3v) is 5.74. The standard InChI is InChI=1S/C27H22FN7O/c1-17-22-13-19(8-11-24(22)32-16-31-17)23-14-30-26(33-25(23)18-6-9-20(28)10-7-18)34-27(36)35(2)15-21-5-3-4-12-29-21/h3-14,16H,15H2,1-2H3,(H,30,33,34,36). The fraction of sp³-hybridized carbons (Fsp3) is 0.111. The summed E-state index contributed by atoms with van der Waals surface area (Å²) in [6.07, 6.45) is 4.87. The molecule has 0 radical (unpaired) electrons. The zero-order valence-electron chi connectivity index (χ0n) is 19.7. The Morgan fingerprint density at radius 3 is 2.56 bits per heavy atom. The largest absolute Gasteiger partial charge is 0.324 e. The highest BCUT2D eigenvalue weighted by atomic mass is 19.1. The molecule has 2 aromatic carbocycles. The molecule has 0 fully saturated rings. The molecule has 36 heavy (non-hydrogen) atoms. The van der Waals surface area contributed by atoms with Gasteiger partial charge >= 0.3 is 6.03 Å². The SMILES string of the molecule is Cc1ncnc2ccc(-c3cnc(NC(=O)N(C)Cc4ccccn4)nc3-c3ccc(F)cc3)cc12. The van der Waals surface area contributed by atoms with Gasteiger partial charge in [0.05, 0.1) is 23.4 Å². The molecule has 0 unspecified atom stereocenters. The van der Waals surface area contributed by atoms with Crippen LogP contribution in [0.5, 0.6) is 0 Å². The first-order chi connectivity index (χ1) is 17.5. The molecule has 0 saturated heterocycles. The molecule has 0 saturated carbocycles. The second-order valence-electron chi connectivity index (χ2n) is 8.26. The number of hydrogen-bond donors (Lipinski definition) is 1. The summed E-state index contributed by atoms with van der Waals surface area (Å²) in [5.41, 5.74) is 5.26. The van der Waals surface area contributed by atoms with Crippen LogP contribution in [0.4, 0.5) is 15.1 Å². The van der Waals surface area contributed by atoms with Gasteiger partial charge in [0.15, 0.2) is 0 Å². The predicted molar refractivity (Wildman–Crippen MR) is 135 cm³/mol. The summed E-state index contributed by atoms with van der Waals surface area (Å²) in [6.45, 7) is 2.25. The van der Waals surface area contributed by atoms with Gasteiger partial charge in [0.2, 0.25) is 5.95 Å². The summed E-state index contributed by atoms with van der Waals surface area (Å²) in [4.78, 5) is 36.2. The van der Waals surface area contributed by atoms with E-state index < -0.39 is 0 Å². The number of nitrogens with zero attached hydrogens (tertiary/aromatic N) is 6. The Bertz CT molecular complexity index is 1540. The molecule has 9 heteroatoms. The van der Waals surface area contributed by atoms with Crippen molar-refractivity contribution in [1.82, 2.24) is 29.8 Å². The highest BCUT2D eigenvalue weighted by Gasteiger charge is 2.16. The molecule has 3 aromatic heterocycles. The maximum absolute atomic E-state index is 13.6. The van der Waals surface area contributed by atoms with Gasteiger partial charge in [0.1, 0.15) is 12.1 Å². The predicted octanol–water partition coefficient (Wildman–Crippen LogP) is 5.26. The van der Waals surface area contributed by atoms with Crippen molar-refractivity contribution in [3.8, 4) is 22.4 Å². The number of benzene rings is 2.